The maximum absolute atomic E-state index is 12.5. The number of aliphatic hydroxyl groups excluding tert-OH is 1. The third kappa shape index (κ3) is 4.35. The number of urea groups is 1. The Labute approximate surface area is 131 Å². The fourth-order valence-electron chi connectivity index (χ4n) is 2.82. The molecule has 0 aliphatic heterocycles. The molecular weight excluding hydrogens is 288 g/mol. The lowest BCUT2D eigenvalue weighted by molar-refractivity contribution is 0.144. The maximum atomic E-state index is 12.5. The highest BCUT2D eigenvalue weighted by molar-refractivity contribution is 6.31. The smallest absolute Gasteiger partial charge is 0.322 e. The maximum Gasteiger partial charge on any atom is 0.322 e. The fraction of sp³-hybridized carbons (Fsp3) is 0.562. The minimum Gasteiger partial charge on any atom is -0.395 e. The van der Waals surface area contributed by atoms with Gasteiger partial charge in [-0.3, -0.25) is 0 Å². The van der Waals surface area contributed by atoms with E-state index in [1.807, 2.05) is 19.1 Å². The van der Waals surface area contributed by atoms with E-state index in [-0.39, 0.29) is 18.7 Å². The van der Waals surface area contributed by atoms with Crippen LogP contribution in [0.4, 0.5) is 10.5 Å². The van der Waals surface area contributed by atoms with Gasteiger partial charge >= 0.3 is 6.03 Å². The Hall–Kier alpha value is -1.26. The lowest BCUT2D eigenvalue weighted by Crippen LogP contribution is -2.45. The van der Waals surface area contributed by atoms with Crippen LogP contribution in [0.2, 0.25) is 5.02 Å². The van der Waals surface area contributed by atoms with Crippen molar-refractivity contribution in [1.82, 2.24) is 4.90 Å². The van der Waals surface area contributed by atoms with Crippen LogP contribution >= 0.6 is 11.6 Å². The van der Waals surface area contributed by atoms with Crippen molar-refractivity contribution in [3.63, 3.8) is 0 Å². The number of hydrogen-bond acceptors (Lipinski definition) is 2. The number of halogens is 1. The summed E-state index contributed by atoms with van der Waals surface area (Å²) >= 11 is 6.08. The van der Waals surface area contributed by atoms with Crippen molar-refractivity contribution in [3.8, 4) is 0 Å². The van der Waals surface area contributed by atoms with E-state index in [1.165, 1.54) is 6.42 Å². The number of aryl methyl sites for hydroxylation is 1. The monoisotopic (exact) mass is 310 g/mol. The summed E-state index contributed by atoms with van der Waals surface area (Å²) < 4.78 is 0. The third-order valence-corrected chi connectivity index (χ3v) is 4.45. The molecule has 2 N–H and O–H groups in total. The molecule has 0 spiro atoms. The minimum atomic E-state index is -0.157. The summed E-state index contributed by atoms with van der Waals surface area (Å²) in [5, 5.41) is 12.7. The number of aliphatic hydroxyl groups is 1. The van der Waals surface area contributed by atoms with Crippen molar-refractivity contribution in [2.45, 2.75) is 45.1 Å². The molecule has 116 valence electrons. The van der Waals surface area contributed by atoms with Crippen LogP contribution in [-0.2, 0) is 0 Å². The summed E-state index contributed by atoms with van der Waals surface area (Å²) in [5.41, 5.74) is 1.67. The highest BCUT2D eigenvalue weighted by Gasteiger charge is 2.25. The first-order chi connectivity index (χ1) is 10.1. The van der Waals surface area contributed by atoms with Gasteiger partial charge in [0.2, 0.25) is 0 Å². The number of anilines is 1. The zero-order valence-corrected chi connectivity index (χ0v) is 13.2. The topological polar surface area (TPSA) is 52.6 Å². The van der Waals surface area contributed by atoms with Gasteiger partial charge in [-0.25, -0.2) is 4.79 Å². The average Bonchev–Trinajstić information content (AvgIpc) is 2.49. The minimum absolute atomic E-state index is 0.0153. The molecule has 0 saturated heterocycles. The molecule has 0 atom stereocenters. The van der Waals surface area contributed by atoms with E-state index in [0.29, 0.717) is 17.3 Å². The Kier molecular flexibility index (Phi) is 5.88. The zero-order valence-electron chi connectivity index (χ0n) is 12.4. The standard InChI is InChI=1S/C16H23ClN2O2/c1-12-7-8-13(11-15(12)17)18-16(21)19(9-10-20)14-5-3-2-4-6-14/h7-8,11,14,20H,2-6,9-10H2,1H3,(H,18,21). The quantitative estimate of drug-likeness (QED) is 0.888. The van der Waals surface area contributed by atoms with Crippen LogP contribution in [0.25, 0.3) is 0 Å². The van der Waals surface area contributed by atoms with Crippen LogP contribution < -0.4 is 5.32 Å². The number of hydrogen-bond donors (Lipinski definition) is 2. The second-order valence-electron chi connectivity index (χ2n) is 5.60. The highest BCUT2D eigenvalue weighted by Crippen LogP contribution is 2.24. The third-order valence-electron chi connectivity index (χ3n) is 4.04. The Morgan fingerprint density at radius 1 is 1.38 bits per heavy atom. The second-order valence-corrected chi connectivity index (χ2v) is 6.01. The number of amides is 2. The van der Waals surface area contributed by atoms with Crippen molar-refractivity contribution < 1.29 is 9.90 Å². The first kappa shape index (κ1) is 16.1. The van der Waals surface area contributed by atoms with Crippen molar-refractivity contribution in [2.24, 2.45) is 0 Å². The molecule has 0 heterocycles. The predicted octanol–water partition coefficient (Wildman–Crippen LogP) is 3.81. The summed E-state index contributed by atoms with van der Waals surface area (Å²) in [6.07, 6.45) is 5.56. The molecule has 0 aromatic heterocycles. The van der Waals surface area contributed by atoms with E-state index in [9.17, 15) is 9.90 Å². The fourth-order valence-corrected chi connectivity index (χ4v) is 3.00. The van der Waals surface area contributed by atoms with E-state index in [0.717, 1.165) is 31.2 Å². The number of nitrogens with zero attached hydrogens (tertiary/aromatic N) is 1. The molecule has 0 bridgehead atoms. The first-order valence-electron chi connectivity index (χ1n) is 7.56. The molecule has 2 rings (SSSR count). The molecular formula is C16H23ClN2O2. The molecule has 1 aliphatic rings. The van der Waals surface area contributed by atoms with E-state index >= 15 is 0 Å². The first-order valence-corrected chi connectivity index (χ1v) is 7.94. The van der Waals surface area contributed by atoms with Gasteiger partial charge < -0.3 is 15.3 Å². The molecule has 5 heteroatoms. The number of carbonyl (C=O) groups excluding carboxylic acids is 1. The van der Waals surface area contributed by atoms with Gasteiger partial charge in [-0.05, 0) is 37.5 Å². The van der Waals surface area contributed by atoms with Gasteiger partial charge in [0.25, 0.3) is 0 Å². The van der Waals surface area contributed by atoms with Crippen LogP contribution in [0.15, 0.2) is 18.2 Å². The van der Waals surface area contributed by atoms with Crippen molar-refractivity contribution in [3.05, 3.63) is 28.8 Å². The van der Waals surface area contributed by atoms with Gasteiger partial charge in [-0.1, -0.05) is 36.9 Å². The average molecular weight is 311 g/mol. The Bertz CT molecular complexity index is 487. The molecule has 0 unspecified atom stereocenters. The number of nitrogens with one attached hydrogen (secondary N) is 1. The summed E-state index contributed by atoms with van der Waals surface area (Å²) in [6, 6.07) is 5.56. The highest BCUT2D eigenvalue weighted by atomic mass is 35.5. The normalized spacial score (nSPS) is 15.8. The number of rotatable bonds is 4. The Morgan fingerprint density at radius 2 is 2.10 bits per heavy atom. The van der Waals surface area contributed by atoms with Gasteiger partial charge in [0.05, 0.1) is 6.61 Å². The molecule has 1 aromatic rings. The molecule has 1 aliphatic carbocycles. The zero-order chi connectivity index (χ0) is 15.2. The molecule has 2 amide bonds. The van der Waals surface area contributed by atoms with E-state index in [1.54, 1.807) is 11.0 Å². The lowest BCUT2D eigenvalue weighted by Gasteiger charge is -2.34. The Balaban J connectivity index is 2.05. The molecule has 1 saturated carbocycles. The van der Waals surface area contributed by atoms with Crippen LogP contribution in [0.5, 0.6) is 0 Å². The van der Waals surface area contributed by atoms with Crippen molar-refractivity contribution in [1.29, 1.82) is 0 Å². The summed E-state index contributed by atoms with van der Waals surface area (Å²) in [7, 11) is 0. The van der Waals surface area contributed by atoms with Gasteiger partial charge in [-0.15, -0.1) is 0 Å². The number of benzene rings is 1. The molecule has 0 radical (unpaired) electrons. The van der Waals surface area contributed by atoms with Gasteiger partial charge in [0, 0.05) is 23.3 Å². The van der Waals surface area contributed by atoms with Crippen LogP contribution in [0, 0.1) is 6.92 Å². The van der Waals surface area contributed by atoms with E-state index < -0.39 is 0 Å². The van der Waals surface area contributed by atoms with Gasteiger partial charge in [0.1, 0.15) is 0 Å². The van der Waals surface area contributed by atoms with Crippen molar-refractivity contribution in [2.75, 3.05) is 18.5 Å². The Morgan fingerprint density at radius 3 is 2.71 bits per heavy atom. The summed E-state index contributed by atoms with van der Waals surface area (Å²) in [4.78, 5) is 14.2. The summed E-state index contributed by atoms with van der Waals surface area (Å²) in [5.74, 6) is 0. The van der Waals surface area contributed by atoms with Crippen LogP contribution in [0.3, 0.4) is 0 Å². The SMILES string of the molecule is Cc1ccc(NC(=O)N(CCO)C2CCCCC2)cc1Cl. The lowest BCUT2D eigenvalue weighted by atomic mass is 9.94. The molecule has 21 heavy (non-hydrogen) atoms. The predicted molar refractivity (Wildman–Crippen MR) is 85.9 cm³/mol. The molecule has 1 aromatic carbocycles. The summed E-state index contributed by atoms with van der Waals surface area (Å²) in [6.45, 7) is 2.28. The second kappa shape index (κ2) is 7.66. The van der Waals surface area contributed by atoms with E-state index in [2.05, 4.69) is 5.32 Å². The van der Waals surface area contributed by atoms with Crippen LogP contribution in [0.1, 0.15) is 37.7 Å². The van der Waals surface area contributed by atoms with Gasteiger partial charge in [0.15, 0.2) is 0 Å². The molecule has 4 nitrogen and oxygen atoms in total. The largest absolute Gasteiger partial charge is 0.395 e. The number of carbonyl (C=O) groups is 1. The molecule has 1 fully saturated rings. The van der Waals surface area contributed by atoms with Gasteiger partial charge in [-0.2, -0.15) is 0 Å². The van der Waals surface area contributed by atoms with E-state index in [4.69, 9.17) is 11.6 Å². The van der Waals surface area contributed by atoms with Crippen molar-refractivity contribution >= 4 is 23.3 Å². The van der Waals surface area contributed by atoms with Crippen LogP contribution in [-0.4, -0.2) is 35.2 Å².